The summed E-state index contributed by atoms with van der Waals surface area (Å²) in [6.45, 7) is 2.84. The number of amides is 1. The number of hydrogen-bond acceptors (Lipinski definition) is 3. The SMILES string of the molecule is CC(CN(C)C)N1C(=O)C2(CC2)NC1c1cccc(F)c1. The van der Waals surface area contributed by atoms with Crippen LogP contribution in [0, 0.1) is 5.82 Å². The molecule has 0 aromatic heterocycles. The molecule has 114 valence electrons. The fourth-order valence-electron chi connectivity index (χ4n) is 3.23. The van der Waals surface area contributed by atoms with Crippen LogP contribution in [0.3, 0.4) is 0 Å². The van der Waals surface area contributed by atoms with Crippen molar-refractivity contribution in [2.45, 2.75) is 37.5 Å². The molecule has 1 aromatic carbocycles. The predicted octanol–water partition coefficient (Wildman–Crippen LogP) is 1.74. The Morgan fingerprint density at radius 3 is 2.76 bits per heavy atom. The molecule has 1 amide bonds. The molecule has 1 heterocycles. The van der Waals surface area contributed by atoms with Gasteiger partial charge in [0.1, 0.15) is 17.5 Å². The smallest absolute Gasteiger partial charge is 0.244 e. The van der Waals surface area contributed by atoms with Crippen molar-refractivity contribution < 1.29 is 9.18 Å². The molecule has 2 aliphatic rings. The van der Waals surface area contributed by atoms with Crippen molar-refractivity contribution in [3.8, 4) is 0 Å². The molecule has 1 aromatic rings. The summed E-state index contributed by atoms with van der Waals surface area (Å²) in [4.78, 5) is 16.7. The second-order valence-electron chi connectivity index (χ2n) is 6.51. The Balaban J connectivity index is 1.91. The standard InChI is InChI=1S/C16H22FN3O/c1-11(10-19(2)3)20-14(12-5-4-6-13(17)9-12)18-16(7-8-16)15(20)21/h4-6,9,11,14,18H,7-8,10H2,1-3H3. The molecule has 1 aliphatic carbocycles. The fraction of sp³-hybridized carbons (Fsp3) is 0.562. The zero-order chi connectivity index (χ0) is 15.2. The molecule has 1 spiro atoms. The normalized spacial score (nSPS) is 24.9. The molecule has 3 rings (SSSR count). The van der Waals surface area contributed by atoms with Crippen molar-refractivity contribution in [2.24, 2.45) is 0 Å². The first kappa shape index (κ1) is 14.5. The Bertz CT molecular complexity index is 556. The van der Waals surface area contributed by atoms with Crippen molar-refractivity contribution >= 4 is 5.91 Å². The van der Waals surface area contributed by atoms with E-state index in [2.05, 4.69) is 10.2 Å². The highest BCUT2D eigenvalue weighted by atomic mass is 19.1. The second-order valence-corrected chi connectivity index (χ2v) is 6.51. The van der Waals surface area contributed by atoms with Gasteiger partial charge in [-0.05, 0) is 51.6 Å². The lowest BCUT2D eigenvalue weighted by molar-refractivity contribution is -0.133. The summed E-state index contributed by atoms with van der Waals surface area (Å²) in [6, 6.07) is 6.60. The number of carbonyl (C=O) groups excluding carboxylic acids is 1. The first-order chi connectivity index (χ1) is 9.93. The van der Waals surface area contributed by atoms with Crippen molar-refractivity contribution in [1.82, 2.24) is 15.1 Å². The highest BCUT2D eigenvalue weighted by Gasteiger charge is 2.60. The molecule has 1 N–H and O–H groups in total. The highest BCUT2D eigenvalue weighted by Crippen LogP contribution is 2.46. The molecule has 2 atom stereocenters. The monoisotopic (exact) mass is 291 g/mol. The van der Waals surface area contributed by atoms with E-state index in [9.17, 15) is 9.18 Å². The zero-order valence-corrected chi connectivity index (χ0v) is 12.8. The van der Waals surface area contributed by atoms with Gasteiger partial charge < -0.3 is 9.80 Å². The van der Waals surface area contributed by atoms with Crippen LogP contribution in [0.15, 0.2) is 24.3 Å². The van der Waals surface area contributed by atoms with E-state index in [-0.39, 0.29) is 23.9 Å². The number of halogens is 1. The van der Waals surface area contributed by atoms with Gasteiger partial charge in [0.25, 0.3) is 0 Å². The first-order valence-electron chi connectivity index (χ1n) is 7.44. The summed E-state index contributed by atoms with van der Waals surface area (Å²) in [5.41, 5.74) is 0.426. The molecule has 0 radical (unpaired) electrons. The van der Waals surface area contributed by atoms with E-state index < -0.39 is 5.54 Å². The topological polar surface area (TPSA) is 35.6 Å². The molecule has 21 heavy (non-hydrogen) atoms. The summed E-state index contributed by atoms with van der Waals surface area (Å²) >= 11 is 0. The molecular formula is C16H22FN3O. The van der Waals surface area contributed by atoms with Crippen molar-refractivity contribution in [3.05, 3.63) is 35.6 Å². The first-order valence-corrected chi connectivity index (χ1v) is 7.44. The number of nitrogens with zero attached hydrogens (tertiary/aromatic N) is 2. The van der Waals surface area contributed by atoms with Crippen molar-refractivity contribution in [1.29, 1.82) is 0 Å². The quantitative estimate of drug-likeness (QED) is 0.918. The van der Waals surface area contributed by atoms with E-state index >= 15 is 0 Å². The van der Waals surface area contributed by atoms with Crippen LogP contribution in [-0.2, 0) is 4.79 Å². The highest BCUT2D eigenvalue weighted by molar-refractivity contribution is 5.92. The Morgan fingerprint density at radius 1 is 1.48 bits per heavy atom. The van der Waals surface area contributed by atoms with E-state index in [1.165, 1.54) is 12.1 Å². The summed E-state index contributed by atoms with van der Waals surface area (Å²) in [6.07, 6.45) is 1.52. The van der Waals surface area contributed by atoms with Gasteiger partial charge in [0.2, 0.25) is 5.91 Å². The molecule has 2 fully saturated rings. The third-order valence-electron chi connectivity index (χ3n) is 4.35. The maximum atomic E-state index is 13.5. The number of benzene rings is 1. The largest absolute Gasteiger partial charge is 0.317 e. The summed E-state index contributed by atoms with van der Waals surface area (Å²) in [5.74, 6) is -0.107. The van der Waals surface area contributed by atoms with Gasteiger partial charge in [-0.3, -0.25) is 10.1 Å². The summed E-state index contributed by atoms with van der Waals surface area (Å²) in [5, 5.41) is 3.43. The number of hydrogen-bond donors (Lipinski definition) is 1. The van der Waals surface area contributed by atoms with Gasteiger partial charge in [-0.15, -0.1) is 0 Å². The van der Waals surface area contributed by atoms with Crippen LogP contribution < -0.4 is 5.32 Å². The van der Waals surface area contributed by atoms with Gasteiger partial charge in [0.05, 0.1) is 0 Å². The summed E-state index contributed by atoms with van der Waals surface area (Å²) < 4.78 is 13.5. The molecule has 5 heteroatoms. The van der Waals surface area contributed by atoms with E-state index in [0.29, 0.717) is 0 Å². The predicted molar refractivity (Wildman–Crippen MR) is 79.1 cm³/mol. The molecule has 2 unspecified atom stereocenters. The molecule has 1 saturated carbocycles. The van der Waals surface area contributed by atoms with E-state index in [1.807, 2.05) is 32.0 Å². The van der Waals surface area contributed by atoms with Gasteiger partial charge >= 0.3 is 0 Å². The lowest BCUT2D eigenvalue weighted by atomic mass is 10.1. The van der Waals surface area contributed by atoms with Gasteiger partial charge in [-0.1, -0.05) is 12.1 Å². The van der Waals surface area contributed by atoms with Gasteiger partial charge in [-0.25, -0.2) is 4.39 Å². The average molecular weight is 291 g/mol. The lowest BCUT2D eigenvalue weighted by Crippen LogP contribution is -2.44. The van der Waals surface area contributed by atoms with Gasteiger partial charge in [0, 0.05) is 12.6 Å². The minimum Gasteiger partial charge on any atom is -0.317 e. The van der Waals surface area contributed by atoms with E-state index in [0.717, 1.165) is 24.9 Å². The molecule has 1 aliphatic heterocycles. The van der Waals surface area contributed by atoms with Crippen molar-refractivity contribution in [3.63, 3.8) is 0 Å². The number of rotatable bonds is 4. The van der Waals surface area contributed by atoms with E-state index in [1.54, 1.807) is 6.07 Å². The molecule has 4 nitrogen and oxygen atoms in total. The lowest BCUT2D eigenvalue weighted by Gasteiger charge is -2.32. The number of nitrogens with one attached hydrogen (secondary N) is 1. The Kier molecular flexibility index (Phi) is 3.50. The van der Waals surface area contributed by atoms with Crippen LogP contribution >= 0.6 is 0 Å². The van der Waals surface area contributed by atoms with Crippen LogP contribution in [0.1, 0.15) is 31.5 Å². The van der Waals surface area contributed by atoms with Crippen LogP contribution in [-0.4, -0.2) is 47.9 Å². The van der Waals surface area contributed by atoms with E-state index in [4.69, 9.17) is 0 Å². The Morgan fingerprint density at radius 2 is 2.19 bits per heavy atom. The summed E-state index contributed by atoms with van der Waals surface area (Å²) in [7, 11) is 3.99. The van der Waals surface area contributed by atoms with Crippen LogP contribution in [0.25, 0.3) is 0 Å². The van der Waals surface area contributed by atoms with Crippen LogP contribution in [0.5, 0.6) is 0 Å². The fourth-order valence-corrected chi connectivity index (χ4v) is 3.23. The van der Waals surface area contributed by atoms with Crippen LogP contribution in [0.2, 0.25) is 0 Å². The third kappa shape index (κ3) is 2.56. The van der Waals surface area contributed by atoms with Crippen LogP contribution in [0.4, 0.5) is 4.39 Å². The zero-order valence-electron chi connectivity index (χ0n) is 12.8. The third-order valence-corrected chi connectivity index (χ3v) is 4.35. The number of likely N-dealkylation sites (N-methyl/N-ethyl adjacent to an activating group) is 1. The maximum Gasteiger partial charge on any atom is 0.244 e. The minimum absolute atomic E-state index is 0.0771. The Labute approximate surface area is 124 Å². The molecule has 0 bridgehead atoms. The van der Waals surface area contributed by atoms with Gasteiger partial charge in [0.15, 0.2) is 0 Å². The number of carbonyl (C=O) groups is 1. The molecular weight excluding hydrogens is 269 g/mol. The van der Waals surface area contributed by atoms with Gasteiger partial charge in [-0.2, -0.15) is 0 Å². The van der Waals surface area contributed by atoms with Crippen molar-refractivity contribution in [2.75, 3.05) is 20.6 Å². The molecule has 1 saturated heterocycles. The Hall–Kier alpha value is -1.46. The maximum absolute atomic E-state index is 13.5. The average Bonchev–Trinajstić information content (AvgIpc) is 3.11. The minimum atomic E-state index is -0.391. The second kappa shape index (κ2) is 5.07.